The Bertz CT molecular complexity index is 533. The van der Waals surface area contributed by atoms with Crippen LogP contribution in [0.5, 0.6) is 0 Å². The van der Waals surface area contributed by atoms with Crippen LogP contribution in [0.25, 0.3) is 11.3 Å². The number of nitrogens with two attached hydrogens (primary N) is 1. The molecule has 2 heterocycles. The van der Waals surface area contributed by atoms with Gasteiger partial charge in [0.25, 0.3) is 0 Å². The molecule has 0 atom stereocenters. The molecule has 1 aromatic heterocycles. The van der Waals surface area contributed by atoms with Gasteiger partial charge in [-0.25, -0.2) is 4.98 Å². The van der Waals surface area contributed by atoms with E-state index in [9.17, 15) is 0 Å². The number of nitrogen functional groups attached to an aromatic ring is 1. The molecular weight excluding hydrogens is 224 g/mol. The van der Waals surface area contributed by atoms with Crippen molar-refractivity contribution >= 4 is 11.8 Å². The fourth-order valence-electron chi connectivity index (χ4n) is 2.32. The number of aromatic nitrogens is 2. The van der Waals surface area contributed by atoms with E-state index in [4.69, 9.17) is 5.73 Å². The molecule has 18 heavy (non-hydrogen) atoms. The van der Waals surface area contributed by atoms with E-state index >= 15 is 0 Å². The highest BCUT2D eigenvalue weighted by atomic mass is 15.2. The van der Waals surface area contributed by atoms with E-state index in [-0.39, 0.29) is 0 Å². The van der Waals surface area contributed by atoms with E-state index in [1.54, 1.807) is 0 Å². The van der Waals surface area contributed by atoms with Gasteiger partial charge in [-0.2, -0.15) is 4.98 Å². The minimum atomic E-state index is 0.346. The molecule has 0 saturated carbocycles. The Morgan fingerprint density at radius 1 is 1.00 bits per heavy atom. The number of rotatable bonds is 2. The Kier molecular flexibility index (Phi) is 2.84. The van der Waals surface area contributed by atoms with Crippen molar-refractivity contribution < 1.29 is 0 Å². The fourth-order valence-corrected chi connectivity index (χ4v) is 2.32. The SMILES string of the molecule is Nc1nc(-c2ccccc2)cc(N2CCCC2)n1. The third-order valence-electron chi connectivity index (χ3n) is 3.23. The van der Waals surface area contributed by atoms with E-state index < -0.39 is 0 Å². The van der Waals surface area contributed by atoms with Gasteiger partial charge < -0.3 is 10.6 Å². The molecule has 0 spiro atoms. The molecule has 1 aliphatic rings. The zero-order chi connectivity index (χ0) is 12.4. The van der Waals surface area contributed by atoms with Crippen LogP contribution in [-0.2, 0) is 0 Å². The number of hydrogen-bond donors (Lipinski definition) is 1. The monoisotopic (exact) mass is 240 g/mol. The molecule has 1 fully saturated rings. The predicted octanol–water partition coefficient (Wildman–Crippen LogP) is 2.33. The Balaban J connectivity index is 2.00. The Labute approximate surface area is 106 Å². The van der Waals surface area contributed by atoms with Crippen LogP contribution in [0, 0.1) is 0 Å². The summed E-state index contributed by atoms with van der Waals surface area (Å²) >= 11 is 0. The second kappa shape index (κ2) is 4.64. The lowest BCUT2D eigenvalue weighted by atomic mass is 10.1. The maximum Gasteiger partial charge on any atom is 0.222 e. The molecule has 1 aliphatic heterocycles. The second-order valence-electron chi connectivity index (χ2n) is 4.53. The zero-order valence-corrected chi connectivity index (χ0v) is 10.2. The van der Waals surface area contributed by atoms with Crippen molar-refractivity contribution in [2.45, 2.75) is 12.8 Å². The molecule has 2 aromatic rings. The Morgan fingerprint density at radius 3 is 2.44 bits per heavy atom. The summed E-state index contributed by atoms with van der Waals surface area (Å²) in [6, 6.07) is 12.1. The van der Waals surface area contributed by atoms with Gasteiger partial charge in [-0.3, -0.25) is 0 Å². The highest BCUT2D eigenvalue weighted by Crippen LogP contribution is 2.24. The highest BCUT2D eigenvalue weighted by Gasteiger charge is 2.15. The summed E-state index contributed by atoms with van der Waals surface area (Å²) in [7, 11) is 0. The molecule has 3 rings (SSSR count). The van der Waals surface area contributed by atoms with Crippen molar-refractivity contribution in [3.63, 3.8) is 0 Å². The molecule has 0 amide bonds. The minimum absolute atomic E-state index is 0.346. The average Bonchev–Trinajstić information content (AvgIpc) is 2.93. The quantitative estimate of drug-likeness (QED) is 0.875. The van der Waals surface area contributed by atoms with Gasteiger partial charge in [0.05, 0.1) is 5.69 Å². The zero-order valence-electron chi connectivity index (χ0n) is 10.2. The van der Waals surface area contributed by atoms with Crippen molar-refractivity contribution in [3.05, 3.63) is 36.4 Å². The summed E-state index contributed by atoms with van der Waals surface area (Å²) in [4.78, 5) is 10.9. The van der Waals surface area contributed by atoms with E-state index in [0.717, 1.165) is 30.2 Å². The summed E-state index contributed by atoms with van der Waals surface area (Å²) in [6.45, 7) is 2.12. The largest absolute Gasteiger partial charge is 0.368 e. The van der Waals surface area contributed by atoms with E-state index in [2.05, 4.69) is 14.9 Å². The molecule has 92 valence electrons. The molecule has 4 heteroatoms. The minimum Gasteiger partial charge on any atom is -0.368 e. The first-order valence-electron chi connectivity index (χ1n) is 6.28. The number of hydrogen-bond acceptors (Lipinski definition) is 4. The summed E-state index contributed by atoms with van der Waals surface area (Å²) in [6.07, 6.45) is 2.45. The van der Waals surface area contributed by atoms with Crippen molar-refractivity contribution in [3.8, 4) is 11.3 Å². The maximum atomic E-state index is 5.82. The molecule has 2 N–H and O–H groups in total. The van der Waals surface area contributed by atoms with Gasteiger partial charge in [-0.05, 0) is 12.8 Å². The molecule has 0 radical (unpaired) electrons. The maximum absolute atomic E-state index is 5.82. The van der Waals surface area contributed by atoms with Crippen LogP contribution in [-0.4, -0.2) is 23.1 Å². The first-order valence-corrected chi connectivity index (χ1v) is 6.28. The Morgan fingerprint density at radius 2 is 1.72 bits per heavy atom. The standard InChI is InChI=1S/C14H16N4/c15-14-16-12(11-6-2-1-3-7-11)10-13(17-14)18-8-4-5-9-18/h1-3,6-7,10H,4-5,8-9H2,(H2,15,16,17). The first kappa shape index (κ1) is 11.0. The summed E-state index contributed by atoms with van der Waals surface area (Å²) in [5.74, 6) is 1.29. The summed E-state index contributed by atoms with van der Waals surface area (Å²) in [5.41, 5.74) is 7.78. The lowest BCUT2D eigenvalue weighted by molar-refractivity contribution is 0.932. The number of anilines is 2. The molecule has 0 bridgehead atoms. The van der Waals surface area contributed by atoms with Gasteiger partial charge in [-0.1, -0.05) is 30.3 Å². The Hall–Kier alpha value is -2.10. The fraction of sp³-hybridized carbons (Fsp3) is 0.286. The van der Waals surface area contributed by atoms with Gasteiger partial charge >= 0.3 is 0 Å². The summed E-state index contributed by atoms with van der Waals surface area (Å²) in [5, 5.41) is 0. The topological polar surface area (TPSA) is 55.0 Å². The van der Waals surface area contributed by atoms with Gasteiger partial charge in [-0.15, -0.1) is 0 Å². The van der Waals surface area contributed by atoms with Crippen molar-refractivity contribution in [1.82, 2.24) is 9.97 Å². The van der Waals surface area contributed by atoms with Gasteiger partial charge in [0.1, 0.15) is 5.82 Å². The van der Waals surface area contributed by atoms with Crippen molar-refractivity contribution in [2.24, 2.45) is 0 Å². The number of nitrogens with zero attached hydrogens (tertiary/aromatic N) is 3. The molecular formula is C14H16N4. The van der Waals surface area contributed by atoms with Gasteiger partial charge in [0.2, 0.25) is 5.95 Å². The third kappa shape index (κ3) is 2.14. The highest BCUT2D eigenvalue weighted by molar-refractivity contribution is 5.64. The van der Waals surface area contributed by atoms with E-state index in [1.165, 1.54) is 12.8 Å². The molecule has 1 aromatic carbocycles. The normalized spacial score (nSPS) is 15.0. The van der Waals surface area contributed by atoms with Crippen LogP contribution in [0.3, 0.4) is 0 Å². The first-order chi connectivity index (χ1) is 8.83. The van der Waals surface area contributed by atoms with Crippen LogP contribution in [0.1, 0.15) is 12.8 Å². The lowest BCUT2D eigenvalue weighted by Crippen LogP contribution is -2.19. The van der Waals surface area contributed by atoms with Crippen molar-refractivity contribution in [1.29, 1.82) is 0 Å². The average molecular weight is 240 g/mol. The van der Waals surface area contributed by atoms with Crippen LogP contribution in [0.2, 0.25) is 0 Å². The van der Waals surface area contributed by atoms with Gasteiger partial charge in [0.15, 0.2) is 0 Å². The third-order valence-corrected chi connectivity index (χ3v) is 3.23. The van der Waals surface area contributed by atoms with Crippen LogP contribution in [0.4, 0.5) is 11.8 Å². The smallest absolute Gasteiger partial charge is 0.222 e. The van der Waals surface area contributed by atoms with Crippen LogP contribution < -0.4 is 10.6 Å². The van der Waals surface area contributed by atoms with E-state index in [1.807, 2.05) is 36.4 Å². The van der Waals surface area contributed by atoms with E-state index in [0.29, 0.717) is 5.95 Å². The molecule has 0 unspecified atom stereocenters. The second-order valence-corrected chi connectivity index (χ2v) is 4.53. The van der Waals surface area contributed by atoms with Crippen molar-refractivity contribution in [2.75, 3.05) is 23.7 Å². The molecule has 0 aliphatic carbocycles. The number of benzene rings is 1. The van der Waals surface area contributed by atoms with Crippen LogP contribution in [0.15, 0.2) is 36.4 Å². The van der Waals surface area contributed by atoms with Gasteiger partial charge in [0, 0.05) is 24.7 Å². The molecule has 4 nitrogen and oxygen atoms in total. The lowest BCUT2D eigenvalue weighted by Gasteiger charge is -2.17. The predicted molar refractivity (Wildman–Crippen MR) is 73.3 cm³/mol. The molecule has 1 saturated heterocycles. The van der Waals surface area contributed by atoms with Crippen LogP contribution >= 0.6 is 0 Å². The summed E-state index contributed by atoms with van der Waals surface area (Å²) < 4.78 is 0.